The number of nitriles is 1. The summed E-state index contributed by atoms with van der Waals surface area (Å²) in [7, 11) is 0. The number of aromatic nitrogens is 1. The first-order valence-corrected chi connectivity index (χ1v) is 10.0. The van der Waals surface area contributed by atoms with Crippen molar-refractivity contribution in [2.75, 3.05) is 18.4 Å². The molecule has 1 saturated heterocycles. The SMILES string of the molecule is N#Cc1ccc(NC(=O)C[NH+]2CCC[C@@H]2c2nc3ccccc3s2)cc1Cl. The second-order valence-corrected chi connectivity index (χ2v) is 8.12. The molecule has 4 rings (SSSR count). The van der Waals surface area contributed by atoms with Crippen LogP contribution in [0.15, 0.2) is 42.5 Å². The van der Waals surface area contributed by atoms with E-state index in [9.17, 15) is 4.79 Å². The molecule has 0 aliphatic carbocycles. The van der Waals surface area contributed by atoms with Gasteiger partial charge in [0.1, 0.15) is 12.1 Å². The number of hydrogen-bond donors (Lipinski definition) is 2. The third-order valence-corrected chi connectivity index (χ3v) is 6.32. The van der Waals surface area contributed by atoms with Crippen LogP contribution >= 0.6 is 22.9 Å². The average molecular weight is 398 g/mol. The van der Waals surface area contributed by atoms with Crippen LogP contribution in [0.1, 0.15) is 29.5 Å². The second kappa shape index (κ2) is 7.65. The molecule has 1 unspecified atom stereocenters. The van der Waals surface area contributed by atoms with Crippen molar-refractivity contribution in [3.05, 3.63) is 58.1 Å². The van der Waals surface area contributed by atoms with Crippen LogP contribution in [-0.4, -0.2) is 24.0 Å². The van der Waals surface area contributed by atoms with E-state index in [0.717, 1.165) is 29.9 Å². The van der Waals surface area contributed by atoms with E-state index >= 15 is 0 Å². The molecule has 7 heteroatoms. The summed E-state index contributed by atoms with van der Waals surface area (Å²) in [6.45, 7) is 1.35. The van der Waals surface area contributed by atoms with Crippen molar-refractivity contribution in [3.8, 4) is 6.07 Å². The van der Waals surface area contributed by atoms with Crippen LogP contribution in [0.4, 0.5) is 5.69 Å². The number of amides is 1. The average Bonchev–Trinajstić information content (AvgIpc) is 3.27. The standard InChI is InChI=1S/C20H17ClN4OS/c21-15-10-14(8-7-13(15)11-22)23-19(26)12-25-9-3-5-17(25)20-24-16-4-1-2-6-18(16)27-20/h1-2,4,6-8,10,17H,3,5,9,12H2,(H,23,26)/p+1/t17-/m1/s1. The van der Waals surface area contributed by atoms with Gasteiger partial charge >= 0.3 is 0 Å². The molecule has 2 atom stereocenters. The molecule has 1 aliphatic heterocycles. The molecular weight excluding hydrogens is 380 g/mol. The number of carbonyl (C=O) groups excluding carboxylic acids is 1. The number of para-hydroxylation sites is 1. The minimum absolute atomic E-state index is 0.0567. The molecule has 0 radical (unpaired) electrons. The van der Waals surface area contributed by atoms with Gasteiger partial charge in [-0.2, -0.15) is 5.26 Å². The van der Waals surface area contributed by atoms with Gasteiger partial charge in [-0.15, -0.1) is 11.3 Å². The molecule has 0 saturated carbocycles. The van der Waals surface area contributed by atoms with Crippen LogP contribution in [0, 0.1) is 11.3 Å². The minimum Gasteiger partial charge on any atom is -0.321 e. The monoisotopic (exact) mass is 397 g/mol. The van der Waals surface area contributed by atoms with Crippen molar-refractivity contribution < 1.29 is 9.69 Å². The number of hydrogen-bond acceptors (Lipinski definition) is 4. The fourth-order valence-electron chi connectivity index (χ4n) is 3.56. The van der Waals surface area contributed by atoms with Gasteiger partial charge < -0.3 is 10.2 Å². The zero-order valence-electron chi connectivity index (χ0n) is 14.5. The Morgan fingerprint density at radius 1 is 1.37 bits per heavy atom. The van der Waals surface area contributed by atoms with Crippen LogP contribution in [-0.2, 0) is 4.79 Å². The highest BCUT2D eigenvalue weighted by molar-refractivity contribution is 7.18. The highest BCUT2D eigenvalue weighted by Crippen LogP contribution is 2.28. The largest absolute Gasteiger partial charge is 0.321 e. The van der Waals surface area contributed by atoms with Gasteiger partial charge in [0.05, 0.1) is 27.3 Å². The molecule has 0 spiro atoms. The molecule has 2 N–H and O–H groups in total. The van der Waals surface area contributed by atoms with Crippen molar-refractivity contribution in [1.29, 1.82) is 5.26 Å². The van der Waals surface area contributed by atoms with E-state index in [2.05, 4.69) is 11.4 Å². The zero-order valence-corrected chi connectivity index (χ0v) is 16.1. The zero-order chi connectivity index (χ0) is 18.8. The first kappa shape index (κ1) is 17.9. The smallest absolute Gasteiger partial charge is 0.279 e. The summed E-state index contributed by atoms with van der Waals surface area (Å²) < 4.78 is 1.19. The number of anilines is 1. The van der Waals surface area contributed by atoms with Gasteiger partial charge in [0.2, 0.25) is 0 Å². The lowest BCUT2D eigenvalue weighted by Gasteiger charge is -2.19. The maximum Gasteiger partial charge on any atom is 0.279 e. The molecule has 3 aromatic rings. The van der Waals surface area contributed by atoms with Crippen LogP contribution in [0.3, 0.4) is 0 Å². The summed E-state index contributed by atoms with van der Waals surface area (Å²) in [5.41, 5.74) is 2.04. The Labute approximate surface area is 166 Å². The van der Waals surface area contributed by atoms with Crippen molar-refractivity contribution in [3.63, 3.8) is 0 Å². The van der Waals surface area contributed by atoms with Gasteiger partial charge in [0, 0.05) is 18.5 Å². The maximum atomic E-state index is 12.5. The first-order valence-electron chi connectivity index (χ1n) is 8.83. The summed E-state index contributed by atoms with van der Waals surface area (Å²) >= 11 is 7.76. The Kier molecular flexibility index (Phi) is 5.08. The molecule has 136 valence electrons. The quantitative estimate of drug-likeness (QED) is 0.710. The van der Waals surface area contributed by atoms with Gasteiger partial charge in [-0.05, 0) is 30.3 Å². The lowest BCUT2D eigenvalue weighted by Crippen LogP contribution is -3.11. The summed E-state index contributed by atoms with van der Waals surface area (Å²) in [5, 5.41) is 13.3. The number of thiazole rings is 1. The molecule has 2 aromatic carbocycles. The van der Waals surface area contributed by atoms with E-state index in [1.54, 1.807) is 29.5 Å². The predicted molar refractivity (Wildman–Crippen MR) is 107 cm³/mol. The van der Waals surface area contributed by atoms with Crippen LogP contribution in [0.5, 0.6) is 0 Å². The fourth-order valence-corrected chi connectivity index (χ4v) is 4.94. The molecule has 1 amide bonds. The number of nitrogens with zero attached hydrogens (tertiary/aromatic N) is 2. The van der Waals surface area contributed by atoms with E-state index in [4.69, 9.17) is 21.8 Å². The van der Waals surface area contributed by atoms with E-state index < -0.39 is 0 Å². The Balaban J connectivity index is 1.45. The Hall–Kier alpha value is -2.46. The third kappa shape index (κ3) is 3.81. The number of nitrogens with one attached hydrogen (secondary N) is 2. The van der Waals surface area contributed by atoms with Gasteiger partial charge in [-0.1, -0.05) is 23.7 Å². The number of benzene rings is 2. The maximum absolute atomic E-state index is 12.5. The lowest BCUT2D eigenvalue weighted by molar-refractivity contribution is -0.910. The van der Waals surface area contributed by atoms with Crippen LogP contribution in [0.2, 0.25) is 5.02 Å². The molecular formula is C20H18ClN4OS+. The van der Waals surface area contributed by atoms with Gasteiger partial charge in [0.25, 0.3) is 5.91 Å². The topological polar surface area (TPSA) is 70.2 Å². The number of carbonyl (C=O) groups is 1. The Morgan fingerprint density at radius 3 is 3.00 bits per heavy atom. The minimum atomic E-state index is -0.0567. The summed E-state index contributed by atoms with van der Waals surface area (Å²) in [5.74, 6) is -0.0567. The number of quaternary nitrogens is 1. The van der Waals surface area contributed by atoms with Crippen molar-refractivity contribution in [2.45, 2.75) is 18.9 Å². The summed E-state index contributed by atoms with van der Waals surface area (Å²) in [6, 6.07) is 15.4. The van der Waals surface area contributed by atoms with E-state index in [1.165, 1.54) is 9.60 Å². The number of likely N-dealkylation sites (tertiary alicyclic amines) is 1. The number of rotatable bonds is 4. The Morgan fingerprint density at radius 2 is 2.22 bits per heavy atom. The van der Waals surface area contributed by atoms with Crippen molar-refractivity contribution in [1.82, 2.24) is 4.98 Å². The molecule has 0 bridgehead atoms. The third-order valence-electron chi connectivity index (χ3n) is 4.85. The van der Waals surface area contributed by atoms with Crippen molar-refractivity contribution >= 4 is 44.7 Å². The normalized spacial score (nSPS) is 19.1. The highest BCUT2D eigenvalue weighted by atomic mass is 35.5. The summed E-state index contributed by atoms with van der Waals surface area (Å²) in [6.07, 6.45) is 2.14. The first-order chi connectivity index (χ1) is 13.1. The Bertz CT molecular complexity index is 1010. The predicted octanol–water partition coefficient (Wildman–Crippen LogP) is 3.18. The molecule has 27 heavy (non-hydrogen) atoms. The van der Waals surface area contributed by atoms with Gasteiger partial charge in [-0.3, -0.25) is 4.79 Å². The van der Waals surface area contributed by atoms with E-state index in [1.807, 2.05) is 24.3 Å². The molecule has 1 aliphatic rings. The van der Waals surface area contributed by atoms with Crippen LogP contribution < -0.4 is 10.2 Å². The molecule has 2 heterocycles. The molecule has 1 fully saturated rings. The highest BCUT2D eigenvalue weighted by Gasteiger charge is 2.34. The van der Waals surface area contributed by atoms with Crippen LogP contribution in [0.25, 0.3) is 10.2 Å². The lowest BCUT2D eigenvalue weighted by atomic mass is 10.2. The fraction of sp³-hybridized carbons (Fsp3) is 0.250. The number of fused-ring (bicyclic) bond motifs is 1. The van der Waals surface area contributed by atoms with Gasteiger partial charge in [0.15, 0.2) is 11.6 Å². The van der Waals surface area contributed by atoms with Crippen molar-refractivity contribution in [2.24, 2.45) is 0 Å². The second-order valence-electron chi connectivity index (χ2n) is 6.65. The van der Waals surface area contributed by atoms with E-state index in [-0.39, 0.29) is 11.9 Å². The number of halogens is 1. The van der Waals surface area contributed by atoms with E-state index in [0.29, 0.717) is 22.8 Å². The van der Waals surface area contributed by atoms with Gasteiger partial charge in [-0.25, -0.2) is 4.98 Å². The summed E-state index contributed by atoms with van der Waals surface area (Å²) in [4.78, 5) is 18.6. The molecule has 5 nitrogen and oxygen atoms in total. The molecule has 1 aromatic heterocycles.